The Bertz CT molecular complexity index is 174. The van der Waals surface area contributed by atoms with Crippen LogP contribution >= 0.6 is 0 Å². The van der Waals surface area contributed by atoms with Gasteiger partial charge in [0.2, 0.25) is 0 Å². The van der Waals surface area contributed by atoms with Gasteiger partial charge < -0.3 is 10.2 Å². The fourth-order valence-electron chi connectivity index (χ4n) is 1.59. The minimum Gasteiger partial charge on any atom is -0.390 e. The number of hydrogen-bond donors (Lipinski definition) is 2. The SMILES string of the molecule is CCC(O)(CCC(C)(C)O)C(C)(C)C. The Labute approximate surface area is 88.3 Å². The normalized spacial score (nSPS) is 18.0. The molecule has 86 valence electrons. The topological polar surface area (TPSA) is 40.5 Å². The van der Waals surface area contributed by atoms with E-state index in [4.69, 9.17) is 0 Å². The van der Waals surface area contributed by atoms with Crippen LogP contribution in [0.1, 0.15) is 60.8 Å². The van der Waals surface area contributed by atoms with Gasteiger partial charge in [-0.05, 0) is 38.5 Å². The summed E-state index contributed by atoms with van der Waals surface area (Å²) in [6.07, 6.45) is 2.01. The van der Waals surface area contributed by atoms with Gasteiger partial charge in [-0.25, -0.2) is 0 Å². The molecule has 0 radical (unpaired) electrons. The average Bonchev–Trinajstić information content (AvgIpc) is 1.96. The van der Waals surface area contributed by atoms with Crippen LogP contribution in [0.4, 0.5) is 0 Å². The Morgan fingerprint density at radius 1 is 0.857 bits per heavy atom. The number of hydrogen-bond acceptors (Lipinski definition) is 2. The van der Waals surface area contributed by atoms with Gasteiger partial charge in [-0.15, -0.1) is 0 Å². The Morgan fingerprint density at radius 2 is 1.29 bits per heavy atom. The first-order valence-electron chi connectivity index (χ1n) is 5.46. The lowest BCUT2D eigenvalue weighted by Crippen LogP contribution is -2.43. The van der Waals surface area contributed by atoms with E-state index in [2.05, 4.69) is 0 Å². The van der Waals surface area contributed by atoms with E-state index >= 15 is 0 Å². The maximum Gasteiger partial charge on any atom is 0.0694 e. The molecule has 1 atom stereocenters. The van der Waals surface area contributed by atoms with E-state index < -0.39 is 11.2 Å². The van der Waals surface area contributed by atoms with E-state index in [9.17, 15) is 10.2 Å². The summed E-state index contributed by atoms with van der Waals surface area (Å²) in [5.41, 5.74) is -1.49. The molecular weight excluding hydrogens is 176 g/mol. The van der Waals surface area contributed by atoms with Crippen LogP contribution in [0.15, 0.2) is 0 Å². The summed E-state index contributed by atoms with van der Waals surface area (Å²) < 4.78 is 0. The van der Waals surface area contributed by atoms with Crippen LogP contribution in [0.3, 0.4) is 0 Å². The summed E-state index contributed by atoms with van der Waals surface area (Å²) in [5.74, 6) is 0. The molecule has 0 heterocycles. The summed E-state index contributed by atoms with van der Waals surface area (Å²) in [4.78, 5) is 0. The highest BCUT2D eigenvalue weighted by atomic mass is 16.3. The van der Waals surface area contributed by atoms with Gasteiger partial charge in [0.1, 0.15) is 0 Å². The van der Waals surface area contributed by atoms with Gasteiger partial charge in [-0.2, -0.15) is 0 Å². The lowest BCUT2D eigenvalue weighted by molar-refractivity contribution is -0.0819. The van der Waals surface area contributed by atoms with Crippen LogP contribution < -0.4 is 0 Å². The summed E-state index contributed by atoms with van der Waals surface area (Å²) in [6, 6.07) is 0. The standard InChI is InChI=1S/C12H26O2/c1-7-12(14,10(2,3)4)9-8-11(5,6)13/h13-14H,7-9H2,1-6H3. The zero-order valence-corrected chi connectivity index (χ0v) is 10.5. The molecule has 0 aliphatic rings. The molecule has 0 bridgehead atoms. The molecule has 2 N–H and O–H groups in total. The van der Waals surface area contributed by atoms with Gasteiger partial charge in [0.05, 0.1) is 11.2 Å². The highest BCUT2D eigenvalue weighted by molar-refractivity contribution is 4.90. The molecule has 0 rings (SSSR count). The molecule has 0 aromatic carbocycles. The van der Waals surface area contributed by atoms with Crippen molar-refractivity contribution >= 4 is 0 Å². The predicted molar refractivity (Wildman–Crippen MR) is 60.2 cm³/mol. The lowest BCUT2D eigenvalue weighted by atomic mass is 9.71. The zero-order chi connectivity index (χ0) is 11.6. The smallest absolute Gasteiger partial charge is 0.0694 e. The van der Waals surface area contributed by atoms with E-state index in [1.54, 1.807) is 13.8 Å². The molecule has 0 spiro atoms. The summed E-state index contributed by atoms with van der Waals surface area (Å²) >= 11 is 0. The Morgan fingerprint density at radius 3 is 1.50 bits per heavy atom. The highest BCUT2D eigenvalue weighted by Crippen LogP contribution is 2.37. The van der Waals surface area contributed by atoms with Crippen molar-refractivity contribution in [2.75, 3.05) is 0 Å². The van der Waals surface area contributed by atoms with Crippen molar-refractivity contribution in [3.8, 4) is 0 Å². The highest BCUT2D eigenvalue weighted by Gasteiger charge is 2.38. The van der Waals surface area contributed by atoms with Crippen LogP contribution in [0.2, 0.25) is 0 Å². The molecule has 0 saturated heterocycles. The molecular formula is C12H26O2. The molecule has 0 aliphatic heterocycles. The third kappa shape index (κ3) is 3.97. The minimum atomic E-state index is -0.686. The second-order valence-corrected chi connectivity index (χ2v) is 5.95. The molecule has 0 amide bonds. The fourth-order valence-corrected chi connectivity index (χ4v) is 1.59. The molecule has 0 aliphatic carbocycles. The van der Waals surface area contributed by atoms with Crippen molar-refractivity contribution in [2.45, 2.75) is 72.0 Å². The Balaban J connectivity index is 4.43. The van der Waals surface area contributed by atoms with Gasteiger partial charge in [0, 0.05) is 0 Å². The zero-order valence-electron chi connectivity index (χ0n) is 10.5. The average molecular weight is 202 g/mol. The fraction of sp³-hybridized carbons (Fsp3) is 1.00. The first-order valence-corrected chi connectivity index (χ1v) is 5.46. The molecule has 0 aromatic heterocycles. The molecule has 0 fully saturated rings. The van der Waals surface area contributed by atoms with Gasteiger partial charge in [-0.1, -0.05) is 27.7 Å². The van der Waals surface area contributed by atoms with E-state index in [0.717, 1.165) is 6.42 Å². The maximum atomic E-state index is 10.4. The molecule has 0 saturated carbocycles. The summed E-state index contributed by atoms with van der Waals surface area (Å²) in [7, 11) is 0. The third-order valence-electron chi connectivity index (χ3n) is 3.13. The largest absolute Gasteiger partial charge is 0.390 e. The third-order valence-corrected chi connectivity index (χ3v) is 3.13. The molecule has 0 aromatic rings. The van der Waals surface area contributed by atoms with Gasteiger partial charge in [-0.3, -0.25) is 0 Å². The number of rotatable bonds is 4. The number of aliphatic hydroxyl groups is 2. The van der Waals surface area contributed by atoms with Crippen LogP contribution in [0, 0.1) is 5.41 Å². The first-order chi connectivity index (χ1) is 6.02. The molecule has 1 unspecified atom stereocenters. The van der Waals surface area contributed by atoms with Crippen molar-refractivity contribution in [1.82, 2.24) is 0 Å². The predicted octanol–water partition coefficient (Wildman–Crippen LogP) is 2.72. The van der Waals surface area contributed by atoms with Gasteiger partial charge >= 0.3 is 0 Å². The van der Waals surface area contributed by atoms with E-state index in [0.29, 0.717) is 12.8 Å². The first kappa shape index (κ1) is 13.9. The van der Waals surface area contributed by atoms with Gasteiger partial charge in [0.15, 0.2) is 0 Å². The van der Waals surface area contributed by atoms with Crippen LogP contribution in [-0.2, 0) is 0 Å². The monoisotopic (exact) mass is 202 g/mol. The van der Waals surface area contributed by atoms with Crippen molar-refractivity contribution < 1.29 is 10.2 Å². The van der Waals surface area contributed by atoms with Crippen molar-refractivity contribution in [2.24, 2.45) is 5.41 Å². The minimum absolute atomic E-state index is 0.132. The van der Waals surface area contributed by atoms with Crippen LogP contribution in [0.5, 0.6) is 0 Å². The summed E-state index contributed by atoms with van der Waals surface area (Å²) in [5, 5.41) is 20.0. The van der Waals surface area contributed by atoms with Crippen LogP contribution in [0.25, 0.3) is 0 Å². The quantitative estimate of drug-likeness (QED) is 0.736. The molecule has 2 heteroatoms. The van der Waals surface area contributed by atoms with Crippen molar-refractivity contribution in [3.05, 3.63) is 0 Å². The second-order valence-electron chi connectivity index (χ2n) is 5.95. The van der Waals surface area contributed by atoms with E-state index in [1.165, 1.54) is 0 Å². The lowest BCUT2D eigenvalue weighted by Gasteiger charge is -2.41. The Hall–Kier alpha value is -0.0800. The van der Waals surface area contributed by atoms with E-state index in [-0.39, 0.29) is 5.41 Å². The molecule has 2 nitrogen and oxygen atoms in total. The van der Waals surface area contributed by atoms with Crippen molar-refractivity contribution in [1.29, 1.82) is 0 Å². The second kappa shape index (κ2) is 4.19. The Kier molecular flexibility index (Phi) is 4.17. The maximum absolute atomic E-state index is 10.4. The van der Waals surface area contributed by atoms with Crippen LogP contribution in [-0.4, -0.2) is 21.4 Å². The van der Waals surface area contributed by atoms with Crippen molar-refractivity contribution in [3.63, 3.8) is 0 Å². The summed E-state index contributed by atoms with van der Waals surface area (Å²) in [6.45, 7) is 11.7. The van der Waals surface area contributed by atoms with E-state index in [1.807, 2.05) is 27.7 Å². The molecule has 14 heavy (non-hydrogen) atoms. The van der Waals surface area contributed by atoms with Gasteiger partial charge in [0.25, 0.3) is 0 Å².